The maximum atomic E-state index is 13.2. The number of carbonyl (C=O) groups excluding carboxylic acids is 1. The molecule has 0 radical (unpaired) electrons. The molecule has 3 rings (SSSR count). The van der Waals surface area contributed by atoms with Gasteiger partial charge >= 0.3 is 0 Å². The molecule has 3 aromatic rings. The molecule has 0 aliphatic rings. The predicted octanol–water partition coefficient (Wildman–Crippen LogP) is 3.99. The number of aromatic nitrogens is 2. The highest BCUT2D eigenvalue weighted by Gasteiger charge is 2.08. The molecule has 0 saturated carbocycles. The normalized spacial score (nSPS) is 10.4. The number of aryl methyl sites for hydroxylation is 1. The van der Waals surface area contributed by atoms with Crippen molar-refractivity contribution in [2.24, 2.45) is 0 Å². The molecule has 26 heavy (non-hydrogen) atoms. The number of nitrogens with zero attached hydrogens (tertiary/aromatic N) is 2. The van der Waals surface area contributed by atoms with Crippen LogP contribution in [0.5, 0.6) is 0 Å². The molecule has 1 heterocycles. The van der Waals surface area contributed by atoms with E-state index in [1.54, 1.807) is 12.1 Å². The second-order valence-electron chi connectivity index (χ2n) is 5.71. The maximum Gasteiger partial charge on any atom is 0.230 e. The van der Waals surface area contributed by atoms with Crippen LogP contribution in [0, 0.1) is 18.6 Å². The van der Waals surface area contributed by atoms with Crippen molar-refractivity contribution in [3.63, 3.8) is 0 Å². The Kier molecular flexibility index (Phi) is 5.17. The Hall–Kier alpha value is -3.35. The van der Waals surface area contributed by atoms with Crippen LogP contribution in [0.1, 0.15) is 11.1 Å². The molecule has 0 fully saturated rings. The molecule has 5 nitrogen and oxygen atoms in total. The lowest BCUT2D eigenvalue weighted by molar-refractivity contribution is -0.115. The van der Waals surface area contributed by atoms with Gasteiger partial charge in [-0.1, -0.05) is 24.3 Å². The fourth-order valence-corrected chi connectivity index (χ4v) is 2.36. The zero-order chi connectivity index (χ0) is 18.5. The Morgan fingerprint density at radius 1 is 0.962 bits per heavy atom. The summed E-state index contributed by atoms with van der Waals surface area (Å²) < 4.78 is 26.1. The fraction of sp³-hybridized carbons (Fsp3) is 0.105. The smallest absolute Gasteiger partial charge is 0.230 e. The van der Waals surface area contributed by atoms with E-state index in [0.29, 0.717) is 17.3 Å². The average molecular weight is 354 g/mol. The molecule has 0 spiro atoms. The third-order valence-electron chi connectivity index (χ3n) is 3.74. The van der Waals surface area contributed by atoms with Crippen LogP contribution in [-0.4, -0.2) is 16.1 Å². The fourth-order valence-electron chi connectivity index (χ4n) is 2.36. The maximum absolute atomic E-state index is 13.2. The first kappa shape index (κ1) is 17.5. The van der Waals surface area contributed by atoms with Crippen LogP contribution in [0.25, 0.3) is 0 Å². The van der Waals surface area contributed by atoms with Crippen LogP contribution in [0.3, 0.4) is 0 Å². The van der Waals surface area contributed by atoms with Crippen LogP contribution in [0.15, 0.2) is 54.6 Å². The van der Waals surface area contributed by atoms with E-state index >= 15 is 0 Å². The summed E-state index contributed by atoms with van der Waals surface area (Å²) in [5.41, 5.74) is 2.32. The van der Waals surface area contributed by atoms with E-state index in [9.17, 15) is 13.6 Å². The van der Waals surface area contributed by atoms with Crippen molar-refractivity contribution >= 4 is 23.2 Å². The summed E-state index contributed by atoms with van der Waals surface area (Å²) in [5, 5.41) is 13.3. The van der Waals surface area contributed by atoms with Gasteiger partial charge in [-0.2, -0.15) is 0 Å². The van der Waals surface area contributed by atoms with E-state index < -0.39 is 11.6 Å². The number of rotatable bonds is 5. The van der Waals surface area contributed by atoms with Gasteiger partial charge in [0.05, 0.1) is 6.42 Å². The van der Waals surface area contributed by atoms with Gasteiger partial charge < -0.3 is 10.6 Å². The summed E-state index contributed by atoms with van der Waals surface area (Å²) in [6, 6.07) is 14.2. The van der Waals surface area contributed by atoms with Crippen LogP contribution >= 0.6 is 0 Å². The molecule has 2 aromatic carbocycles. The lowest BCUT2D eigenvalue weighted by Crippen LogP contribution is -2.16. The van der Waals surface area contributed by atoms with Gasteiger partial charge in [0.25, 0.3) is 0 Å². The number of hydrogen-bond donors (Lipinski definition) is 2. The quantitative estimate of drug-likeness (QED) is 0.727. The molecule has 1 amide bonds. The Labute approximate surface area is 149 Å². The van der Waals surface area contributed by atoms with Gasteiger partial charge in [0.15, 0.2) is 23.3 Å². The largest absolute Gasteiger partial charge is 0.339 e. The number of halogens is 2. The Balaban J connectivity index is 1.61. The first-order valence-corrected chi connectivity index (χ1v) is 7.91. The molecular formula is C19H16F2N4O. The molecule has 0 atom stereocenters. The van der Waals surface area contributed by atoms with Gasteiger partial charge in [0, 0.05) is 11.8 Å². The molecule has 1 aromatic heterocycles. The van der Waals surface area contributed by atoms with Crippen molar-refractivity contribution in [1.29, 1.82) is 0 Å². The second-order valence-corrected chi connectivity index (χ2v) is 5.71. The van der Waals surface area contributed by atoms with Crippen LogP contribution in [0.4, 0.5) is 26.1 Å². The molecule has 0 saturated heterocycles. The van der Waals surface area contributed by atoms with Gasteiger partial charge in [0.2, 0.25) is 5.91 Å². The average Bonchev–Trinajstić information content (AvgIpc) is 2.62. The van der Waals surface area contributed by atoms with Crippen molar-refractivity contribution < 1.29 is 13.6 Å². The lowest BCUT2D eigenvalue weighted by atomic mass is 10.1. The van der Waals surface area contributed by atoms with Gasteiger partial charge in [-0.15, -0.1) is 10.2 Å². The first-order valence-electron chi connectivity index (χ1n) is 7.91. The highest BCUT2D eigenvalue weighted by atomic mass is 19.2. The highest BCUT2D eigenvalue weighted by molar-refractivity contribution is 5.91. The second kappa shape index (κ2) is 7.69. The molecule has 0 aliphatic carbocycles. The van der Waals surface area contributed by atoms with Crippen LogP contribution in [0.2, 0.25) is 0 Å². The number of anilines is 3. The number of hydrogen-bond acceptors (Lipinski definition) is 4. The van der Waals surface area contributed by atoms with E-state index in [2.05, 4.69) is 20.8 Å². The van der Waals surface area contributed by atoms with E-state index in [-0.39, 0.29) is 12.3 Å². The Morgan fingerprint density at radius 3 is 2.38 bits per heavy atom. The molecule has 0 bridgehead atoms. The Morgan fingerprint density at radius 2 is 1.69 bits per heavy atom. The number of nitrogens with one attached hydrogen (secondary N) is 2. The topological polar surface area (TPSA) is 66.9 Å². The van der Waals surface area contributed by atoms with Crippen LogP contribution < -0.4 is 10.6 Å². The summed E-state index contributed by atoms with van der Waals surface area (Å²) in [6.45, 7) is 1.95. The summed E-state index contributed by atoms with van der Waals surface area (Å²) in [4.78, 5) is 12.1. The summed E-state index contributed by atoms with van der Waals surface area (Å²) in [7, 11) is 0. The van der Waals surface area contributed by atoms with Gasteiger partial charge in [0.1, 0.15) is 0 Å². The zero-order valence-electron chi connectivity index (χ0n) is 14.0. The molecule has 132 valence electrons. The van der Waals surface area contributed by atoms with Gasteiger partial charge in [-0.25, -0.2) is 8.78 Å². The molecule has 2 N–H and O–H groups in total. The van der Waals surface area contributed by atoms with Crippen molar-refractivity contribution in [3.05, 3.63) is 77.4 Å². The molecular weight excluding hydrogens is 338 g/mol. The predicted molar refractivity (Wildman–Crippen MR) is 95.2 cm³/mol. The monoisotopic (exact) mass is 354 g/mol. The zero-order valence-corrected chi connectivity index (χ0v) is 14.0. The van der Waals surface area contributed by atoms with E-state index in [0.717, 1.165) is 23.3 Å². The molecule has 0 aliphatic heterocycles. The van der Waals surface area contributed by atoms with Crippen molar-refractivity contribution in [2.75, 3.05) is 10.6 Å². The van der Waals surface area contributed by atoms with Crippen molar-refractivity contribution in [2.45, 2.75) is 13.3 Å². The molecule has 7 heteroatoms. The standard InChI is InChI=1S/C19H16F2N4O/c1-12-4-2-3-5-13(12)10-19(26)23-18-9-8-17(24-25-18)22-14-6-7-15(20)16(21)11-14/h2-9,11H,10H2,1H3,(H,22,24)(H,23,25,26). The minimum absolute atomic E-state index is 0.199. The number of benzene rings is 2. The van der Waals surface area contributed by atoms with Gasteiger partial charge in [-0.3, -0.25) is 4.79 Å². The summed E-state index contributed by atoms with van der Waals surface area (Å²) in [6.07, 6.45) is 0.239. The summed E-state index contributed by atoms with van der Waals surface area (Å²) >= 11 is 0. The van der Waals surface area contributed by atoms with Crippen molar-refractivity contribution in [3.8, 4) is 0 Å². The summed E-state index contributed by atoms with van der Waals surface area (Å²) in [5.74, 6) is -1.43. The van der Waals surface area contributed by atoms with E-state index in [1.165, 1.54) is 6.07 Å². The Bertz CT molecular complexity index is 929. The van der Waals surface area contributed by atoms with E-state index in [1.807, 2.05) is 31.2 Å². The highest BCUT2D eigenvalue weighted by Crippen LogP contribution is 2.18. The SMILES string of the molecule is Cc1ccccc1CC(=O)Nc1ccc(Nc2ccc(F)c(F)c2)nn1. The third kappa shape index (κ3) is 4.38. The van der Waals surface area contributed by atoms with Gasteiger partial charge in [-0.05, 0) is 42.3 Å². The van der Waals surface area contributed by atoms with Crippen LogP contribution in [-0.2, 0) is 11.2 Å². The minimum atomic E-state index is -0.956. The van der Waals surface area contributed by atoms with Crippen molar-refractivity contribution in [1.82, 2.24) is 10.2 Å². The minimum Gasteiger partial charge on any atom is -0.339 e. The third-order valence-corrected chi connectivity index (χ3v) is 3.74. The first-order chi connectivity index (χ1) is 12.5. The van der Waals surface area contributed by atoms with E-state index in [4.69, 9.17) is 0 Å². The lowest BCUT2D eigenvalue weighted by Gasteiger charge is -2.08. The number of carbonyl (C=O) groups is 1. The number of amides is 1. The molecule has 0 unspecified atom stereocenters.